The van der Waals surface area contributed by atoms with Gasteiger partial charge in [0, 0.05) is 31.5 Å². The van der Waals surface area contributed by atoms with Gasteiger partial charge in [-0.2, -0.15) is 0 Å². The molecule has 0 fully saturated rings. The van der Waals surface area contributed by atoms with Crippen molar-refractivity contribution in [3.8, 4) is 0 Å². The van der Waals surface area contributed by atoms with Crippen molar-refractivity contribution in [3.05, 3.63) is 24.3 Å². The van der Waals surface area contributed by atoms with Crippen LogP contribution < -0.4 is 10.2 Å². The Kier molecular flexibility index (Phi) is 4.66. The van der Waals surface area contributed by atoms with Gasteiger partial charge in [0.05, 0.1) is 0 Å². The largest absolute Gasteiger partial charge is 0.382 e. The topological polar surface area (TPSA) is 15.3 Å². The van der Waals surface area contributed by atoms with Gasteiger partial charge < -0.3 is 10.2 Å². The molecule has 90 valence electrons. The highest BCUT2D eigenvalue weighted by atomic mass is 15.1. The molecule has 0 radical (unpaired) electrons. The fourth-order valence-electron chi connectivity index (χ4n) is 1.81. The summed E-state index contributed by atoms with van der Waals surface area (Å²) in [5.74, 6) is 0.665. The van der Waals surface area contributed by atoms with Crippen LogP contribution in [0, 0.1) is 5.92 Å². The van der Waals surface area contributed by atoms with Gasteiger partial charge in [-0.25, -0.2) is 0 Å². The molecule has 2 nitrogen and oxygen atoms in total. The third-order valence-electron chi connectivity index (χ3n) is 2.98. The minimum atomic E-state index is 0.560. The fourth-order valence-corrected chi connectivity index (χ4v) is 1.81. The SMILES string of the molecule is CCC(Nc1ccc(N(C)C)cc1)C(C)C. The molecule has 1 rings (SSSR count). The maximum atomic E-state index is 3.58. The van der Waals surface area contributed by atoms with Crippen LogP contribution in [-0.2, 0) is 0 Å². The summed E-state index contributed by atoms with van der Waals surface area (Å²) in [6, 6.07) is 9.16. The molecule has 2 heteroatoms. The molecule has 16 heavy (non-hydrogen) atoms. The molecule has 1 atom stereocenters. The Labute approximate surface area is 99.7 Å². The van der Waals surface area contributed by atoms with Gasteiger partial charge in [-0.15, -0.1) is 0 Å². The van der Waals surface area contributed by atoms with Gasteiger partial charge in [-0.05, 0) is 36.6 Å². The van der Waals surface area contributed by atoms with Crippen molar-refractivity contribution in [2.45, 2.75) is 33.2 Å². The van der Waals surface area contributed by atoms with E-state index in [9.17, 15) is 0 Å². The van der Waals surface area contributed by atoms with Crippen molar-refractivity contribution in [1.29, 1.82) is 0 Å². The van der Waals surface area contributed by atoms with E-state index >= 15 is 0 Å². The monoisotopic (exact) mass is 220 g/mol. The predicted octanol–water partition coefficient (Wildman–Crippen LogP) is 3.60. The Balaban J connectivity index is 2.67. The van der Waals surface area contributed by atoms with E-state index in [-0.39, 0.29) is 0 Å². The molecule has 1 aromatic rings. The van der Waals surface area contributed by atoms with E-state index < -0.39 is 0 Å². The normalized spacial score (nSPS) is 12.6. The van der Waals surface area contributed by atoms with Crippen LogP contribution in [0.3, 0.4) is 0 Å². The van der Waals surface area contributed by atoms with Crippen LogP contribution >= 0.6 is 0 Å². The predicted molar refractivity (Wildman–Crippen MR) is 73.3 cm³/mol. The Morgan fingerprint density at radius 1 is 1.12 bits per heavy atom. The lowest BCUT2D eigenvalue weighted by molar-refractivity contribution is 0.511. The van der Waals surface area contributed by atoms with Crippen molar-refractivity contribution in [2.75, 3.05) is 24.3 Å². The molecular formula is C14H24N2. The van der Waals surface area contributed by atoms with Crippen LogP contribution in [0.1, 0.15) is 27.2 Å². The molecule has 0 aliphatic carbocycles. The molecule has 1 aromatic carbocycles. The third-order valence-corrected chi connectivity index (χ3v) is 2.98. The molecule has 0 saturated heterocycles. The average Bonchev–Trinajstić information content (AvgIpc) is 2.26. The highest BCUT2D eigenvalue weighted by Gasteiger charge is 2.10. The Morgan fingerprint density at radius 3 is 2.06 bits per heavy atom. The van der Waals surface area contributed by atoms with Gasteiger partial charge in [0.1, 0.15) is 0 Å². The van der Waals surface area contributed by atoms with Gasteiger partial charge >= 0.3 is 0 Å². The van der Waals surface area contributed by atoms with Gasteiger partial charge in [-0.1, -0.05) is 20.8 Å². The standard InChI is InChI=1S/C14H24N2/c1-6-14(11(2)3)15-12-7-9-13(10-8-12)16(4)5/h7-11,14-15H,6H2,1-5H3. The number of rotatable bonds is 5. The average molecular weight is 220 g/mol. The first kappa shape index (κ1) is 12.9. The van der Waals surface area contributed by atoms with Crippen LogP contribution in [0.5, 0.6) is 0 Å². The smallest absolute Gasteiger partial charge is 0.0362 e. The number of hydrogen-bond acceptors (Lipinski definition) is 2. The Morgan fingerprint density at radius 2 is 1.69 bits per heavy atom. The van der Waals surface area contributed by atoms with Gasteiger partial charge in [0.2, 0.25) is 0 Å². The number of anilines is 2. The summed E-state index contributed by atoms with van der Waals surface area (Å²) in [7, 11) is 4.12. The lowest BCUT2D eigenvalue weighted by Gasteiger charge is -2.22. The van der Waals surface area contributed by atoms with Crippen molar-refractivity contribution < 1.29 is 0 Å². The summed E-state index contributed by atoms with van der Waals surface area (Å²) >= 11 is 0. The fraction of sp³-hybridized carbons (Fsp3) is 0.571. The van der Waals surface area contributed by atoms with Crippen LogP contribution in [0.2, 0.25) is 0 Å². The van der Waals surface area contributed by atoms with Crippen LogP contribution in [0.25, 0.3) is 0 Å². The molecule has 1 N–H and O–H groups in total. The Bertz CT molecular complexity index is 301. The van der Waals surface area contributed by atoms with Gasteiger partial charge in [-0.3, -0.25) is 0 Å². The summed E-state index contributed by atoms with van der Waals surface area (Å²) in [6.45, 7) is 6.75. The zero-order valence-electron chi connectivity index (χ0n) is 11.1. The van der Waals surface area contributed by atoms with Crippen LogP contribution in [0.15, 0.2) is 24.3 Å². The van der Waals surface area contributed by atoms with Crippen molar-refractivity contribution >= 4 is 11.4 Å². The number of benzene rings is 1. The maximum Gasteiger partial charge on any atom is 0.0362 e. The van der Waals surface area contributed by atoms with E-state index in [0.29, 0.717) is 12.0 Å². The lowest BCUT2D eigenvalue weighted by Crippen LogP contribution is -2.24. The molecule has 0 aliphatic heterocycles. The van der Waals surface area contributed by atoms with E-state index in [1.165, 1.54) is 11.4 Å². The summed E-state index contributed by atoms with van der Waals surface area (Å²) in [5, 5.41) is 3.58. The molecule has 1 unspecified atom stereocenters. The molecule has 0 spiro atoms. The lowest BCUT2D eigenvalue weighted by atomic mass is 10.0. The minimum absolute atomic E-state index is 0.560. The summed E-state index contributed by atoms with van der Waals surface area (Å²) in [5.41, 5.74) is 2.45. The van der Waals surface area contributed by atoms with Crippen LogP contribution in [-0.4, -0.2) is 20.1 Å². The van der Waals surface area contributed by atoms with Crippen LogP contribution in [0.4, 0.5) is 11.4 Å². The molecule has 0 amide bonds. The summed E-state index contributed by atoms with van der Waals surface area (Å²) < 4.78 is 0. The van der Waals surface area contributed by atoms with Crippen molar-refractivity contribution in [3.63, 3.8) is 0 Å². The molecule has 0 heterocycles. The highest BCUT2D eigenvalue weighted by molar-refractivity contribution is 5.54. The molecule has 0 aliphatic rings. The quantitative estimate of drug-likeness (QED) is 0.815. The number of hydrogen-bond donors (Lipinski definition) is 1. The second kappa shape index (κ2) is 5.78. The zero-order valence-corrected chi connectivity index (χ0v) is 11.1. The maximum absolute atomic E-state index is 3.58. The Hall–Kier alpha value is -1.18. The first-order chi connectivity index (χ1) is 7.54. The van der Waals surface area contributed by atoms with E-state index in [2.05, 4.69) is 69.3 Å². The minimum Gasteiger partial charge on any atom is -0.382 e. The first-order valence-corrected chi connectivity index (χ1v) is 6.08. The first-order valence-electron chi connectivity index (χ1n) is 6.08. The summed E-state index contributed by atoms with van der Waals surface area (Å²) in [4.78, 5) is 2.11. The van der Waals surface area contributed by atoms with E-state index in [4.69, 9.17) is 0 Å². The third kappa shape index (κ3) is 3.44. The summed E-state index contributed by atoms with van der Waals surface area (Å²) in [6.07, 6.45) is 1.16. The highest BCUT2D eigenvalue weighted by Crippen LogP contribution is 2.19. The van der Waals surface area contributed by atoms with E-state index in [1.807, 2.05) is 0 Å². The van der Waals surface area contributed by atoms with Crippen molar-refractivity contribution in [2.24, 2.45) is 5.92 Å². The molecule has 0 bridgehead atoms. The molecule has 0 aromatic heterocycles. The second-order valence-corrected chi connectivity index (χ2v) is 4.84. The van der Waals surface area contributed by atoms with Gasteiger partial charge in [0.15, 0.2) is 0 Å². The second-order valence-electron chi connectivity index (χ2n) is 4.84. The number of nitrogens with one attached hydrogen (secondary N) is 1. The zero-order chi connectivity index (χ0) is 12.1. The molecule has 0 saturated carbocycles. The molecular weight excluding hydrogens is 196 g/mol. The van der Waals surface area contributed by atoms with Gasteiger partial charge in [0.25, 0.3) is 0 Å². The van der Waals surface area contributed by atoms with Crippen molar-refractivity contribution in [1.82, 2.24) is 0 Å². The number of nitrogens with zero attached hydrogens (tertiary/aromatic N) is 1. The van der Waals surface area contributed by atoms with E-state index in [1.54, 1.807) is 0 Å². The van der Waals surface area contributed by atoms with E-state index in [0.717, 1.165) is 6.42 Å².